The van der Waals surface area contributed by atoms with Crippen LogP contribution < -0.4 is 15.2 Å². The summed E-state index contributed by atoms with van der Waals surface area (Å²) in [7, 11) is -2.25. The van der Waals surface area contributed by atoms with Gasteiger partial charge in [0.1, 0.15) is 16.4 Å². The number of hydrogen-bond donors (Lipinski definition) is 2. The summed E-state index contributed by atoms with van der Waals surface area (Å²) in [5.74, 6) is 0.937. The Balaban J connectivity index is 2.10. The zero-order chi connectivity index (χ0) is 14.6. The van der Waals surface area contributed by atoms with Crippen LogP contribution in [0.3, 0.4) is 0 Å². The highest BCUT2D eigenvalue weighted by Crippen LogP contribution is 2.25. The number of nitrogen functional groups attached to an aromatic ring is 1. The van der Waals surface area contributed by atoms with Gasteiger partial charge in [-0.2, -0.15) is 0 Å². The van der Waals surface area contributed by atoms with Gasteiger partial charge in [-0.05, 0) is 24.3 Å². The predicted octanol–water partition coefficient (Wildman–Crippen LogP) is 1.39. The van der Waals surface area contributed by atoms with Crippen molar-refractivity contribution in [3.8, 4) is 5.75 Å². The van der Waals surface area contributed by atoms with E-state index in [4.69, 9.17) is 14.9 Å². The third-order valence-corrected chi connectivity index (χ3v) is 4.22. The number of hydrogen-bond acceptors (Lipinski definition) is 5. The molecule has 3 N–H and O–H groups in total. The van der Waals surface area contributed by atoms with Crippen molar-refractivity contribution >= 4 is 15.7 Å². The molecule has 20 heavy (non-hydrogen) atoms. The third-order valence-electron chi connectivity index (χ3n) is 2.72. The first-order chi connectivity index (χ1) is 9.53. The predicted molar refractivity (Wildman–Crippen MR) is 75.0 cm³/mol. The summed E-state index contributed by atoms with van der Waals surface area (Å²) in [6, 6.07) is 7.96. The van der Waals surface area contributed by atoms with Crippen molar-refractivity contribution in [2.45, 2.75) is 11.3 Å². The number of sulfonamides is 1. The summed E-state index contributed by atoms with van der Waals surface area (Å²) in [4.78, 5) is 0.0636. The van der Waals surface area contributed by atoms with Gasteiger partial charge in [-0.15, -0.1) is 0 Å². The summed E-state index contributed by atoms with van der Waals surface area (Å²) in [6.45, 7) is 0.239. The first-order valence-electron chi connectivity index (χ1n) is 5.98. The van der Waals surface area contributed by atoms with E-state index in [1.165, 1.54) is 25.3 Å². The summed E-state index contributed by atoms with van der Waals surface area (Å²) in [5, 5.41) is 0. The van der Waals surface area contributed by atoms with Crippen LogP contribution in [0.25, 0.3) is 0 Å². The van der Waals surface area contributed by atoms with Gasteiger partial charge in [0.15, 0.2) is 0 Å². The quantitative estimate of drug-likeness (QED) is 0.786. The van der Waals surface area contributed by atoms with E-state index in [0.717, 1.165) is 5.76 Å². The van der Waals surface area contributed by atoms with Gasteiger partial charge in [-0.3, -0.25) is 0 Å². The molecule has 0 fully saturated rings. The zero-order valence-corrected chi connectivity index (χ0v) is 11.8. The summed E-state index contributed by atoms with van der Waals surface area (Å²) in [6.07, 6.45) is 2.02. The molecular weight excluding hydrogens is 280 g/mol. The topological polar surface area (TPSA) is 94.6 Å². The van der Waals surface area contributed by atoms with E-state index in [9.17, 15) is 8.42 Å². The minimum Gasteiger partial charge on any atom is -0.495 e. The molecule has 0 radical (unpaired) electrons. The average Bonchev–Trinajstić information content (AvgIpc) is 2.91. The molecule has 0 unspecified atom stereocenters. The highest BCUT2D eigenvalue weighted by atomic mass is 32.2. The van der Waals surface area contributed by atoms with Crippen LogP contribution in [0.15, 0.2) is 45.9 Å². The second kappa shape index (κ2) is 5.98. The molecule has 0 saturated heterocycles. The van der Waals surface area contributed by atoms with Gasteiger partial charge in [0.25, 0.3) is 0 Å². The molecule has 0 atom stereocenters. The van der Waals surface area contributed by atoms with Crippen molar-refractivity contribution in [2.24, 2.45) is 0 Å². The maximum Gasteiger partial charge on any atom is 0.244 e. The van der Waals surface area contributed by atoms with Gasteiger partial charge in [-0.25, -0.2) is 13.1 Å². The van der Waals surface area contributed by atoms with E-state index in [0.29, 0.717) is 12.1 Å². The number of nitrogens with two attached hydrogens (primary N) is 1. The van der Waals surface area contributed by atoms with Crippen molar-refractivity contribution in [1.82, 2.24) is 4.72 Å². The van der Waals surface area contributed by atoms with Crippen LogP contribution in [0.2, 0.25) is 0 Å². The average molecular weight is 296 g/mol. The van der Waals surface area contributed by atoms with Gasteiger partial charge < -0.3 is 14.9 Å². The summed E-state index contributed by atoms with van der Waals surface area (Å²) >= 11 is 0. The lowest BCUT2D eigenvalue weighted by Gasteiger charge is -2.10. The highest BCUT2D eigenvalue weighted by molar-refractivity contribution is 7.89. The highest BCUT2D eigenvalue weighted by Gasteiger charge is 2.19. The Kier molecular flexibility index (Phi) is 4.31. The second-order valence-electron chi connectivity index (χ2n) is 4.14. The molecule has 0 amide bonds. The smallest absolute Gasteiger partial charge is 0.244 e. The molecule has 7 heteroatoms. The number of furan rings is 1. The molecule has 2 rings (SSSR count). The van der Waals surface area contributed by atoms with Crippen molar-refractivity contribution in [3.05, 3.63) is 42.4 Å². The lowest BCUT2D eigenvalue weighted by Crippen LogP contribution is -2.26. The molecule has 0 aliphatic rings. The Morgan fingerprint density at radius 2 is 2.15 bits per heavy atom. The minimum absolute atomic E-state index is 0.0636. The van der Waals surface area contributed by atoms with Crippen LogP contribution in [-0.2, 0) is 16.4 Å². The van der Waals surface area contributed by atoms with Crippen molar-refractivity contribution in [3.63, 3.8) is 0 Å². The van der Waals surface area contributed by atoms with Crippen LogP contribution >= 0.6 is 0 Å². The molecule has 0 saturated carbocycles. The molecule has 1 aromatic heterocycles. The zero-order valence-electron chi connectivity index (χ0n) is 11.0. The summed E-state index contributed by atoms with van der Waals surface area (Å²) < 4.78 is 37.1. The van der Waals surface area contributed by atoms with Crippen LogP contribution in [0, 0.1) is 0 Å². The van der Waals surface area contributed by atoms with Crippen LogP contribution in [0.4, 0.5) is 5.69 Å². The molecule has 0 spiro atoms. The minimum atomic E-state index is -3.65. The Labute approximate surface area is 117 Å². The maximum absolute atomic E-state index is 12.2. The van der Waals surface area contributed by atoms with Gasteiger partial charge >= 0.3 is 0 Å². The number of ether oxygens (including phenoxy) is 1. The van der Waals surface area contributed by atoms with Crippen LogP contribution in [0.1, 0.15) is 5.76 Å². The van der Waals surface area contributed by atoms with E-state index in [-0.39, 0.29) is 17.2 Å². The van der Waals surface area contributed by atoms with Crippen molar-refractivity contribution in [1.29, 1.82) is 0 Å². The number of anilines is 1. The van der Waals surface area contributed by atoms with Gasteiger partial charge in [-0.1, -0.05) is 0 Å². The van der Waals surface area contributed by atoms with Crippen LogP contribution in [0.5, 0.6) is 5.75 Å². The monoisotopic (exact) mass is 296 g/mol. The third kappa shape index (κ3) is 3.31. The lowest BCUT2D eigenvalue weighted by atomic mass is 10.3. The van der Waals surface area contributed by atoms with E-state index in [1.54, 1.807) is 18.4 Å². The number of rotatable bonds is 6. The van der Waals surface area contributed by atoms with E-state index >= 15 is 0 Å². The largest absolute Gasteiger partial charge is 0.495 e. The first-order valence-corrected chi connectivity index (χ1v) is 7.47. The fourth-order valence-corrected chi connectivity index (χ4v) is 2.93. The first kappa shape index (κ1) is 14.4. The standard InChI is InChI=1S/C13H16N2O4S/c1-18-12-9-10(14)4-5-13(12)20(16,17)15-7-6-11-3-2-8-19-11/h2-5,8-9,15H,6-7,14H2,1H3. The summed E-state index contributed by atoms with van der Waals surface area (Å²) in [5.41, 5.74) is 6.04. The second-order valence-corrected chi connectivity index (χ2v) is 5.87. The van der Waals surface area contributed by atoms with E-state index in [2.05, 4.69) is 4.72 Å². The molecule has 6 nitrogen and oxygen atoms in total. The lowest BCUT2D eigenvalue weighted by molar-refractivity contribution is 0.402. The van der Waals surface area contributed by atoms with E-state index < -0.39 is 10.0 Å². The Morgan fingerprint density at radius 3 is 2.80 bits per heavy atom. The van der Waals surface area contributed by atoms with Crippen LogP contribution in [-0.4, -0.2) is 22.1 Å². The Hall–Kier alpha value is -1.99. The fourth-order valence-electron chi connectivity index (χ4n) is 1.75. The van der Waals surface area contributed by atoms with Gasteiger partial charge in [0, 0.05) is 24.7 Å². The molecule has 1 heterocycles. The molecule has 0 aliphatic carbocycles. The SMILES string of the molecule is COc1cc(N)ccc1S(=O)(=O)NCCc1ccco1. The molecule has 2 aromatic rings. The molecule has 108 valence electrons. The Morgan fingerprint density at radius 1 is 1.35 bits per heavy atom. The van der Waals surface area contributed by atoms with E-state index in [1.807, 2.05) is 0 Å². The number of nitrogens with one attached hydrogen (secondary N) is 1. The number of benzene rings is 1. The molecule has 1 aromatic carbocycles. The molecule has 0 aliphatic heterocycles. The normalized spacial score (nSPS) is 11.4. The fraction of sp³-hybridized carbons (Fsp3) is 0.231. The molecule has 0 bridgehead atoms. The van der Waals surface area contributed by atoms with Crippen molar-refractivity contribution in [2.75, 3.05) is 19.4 Å². The number of methoxy groups -OCH3 is 1. The molecular formula is C13H16N2O4S. The maximum atomic E-state index is 12.2. The Bertz CT molecular complexity index is 666. The van der Waals surface area contributed by atoms with Crippen molar-refractivity contribution < 1.29 is 17.6 Å². The van der Waals surface area contributed by atoms with Gasteiger partial charge in [0.2, 0.25) is 10.0 Å². The van der Waals surface area contributed by atoms with Gasteiger partial charge in [0.05, 0.1) is 13.4 Å².